The second kappa shape index (κ2) is 5.18. The van der Waals surface area contributed by atoms with Crippen molar-refractivity contribution in [1.29, 1.82) is 0 Å². The summed E-state index contributed by atoms with van der Waals surface area (Å²) in [6, 6.07) is 11.4. The van der Waals surface area contributed by atoms with E-state index in [1.54, 1.807) is 4.68 Å². The van der Waals surface area contributed by atoms with Crippen LogP contribution in [-0.4, -0.2) is 20.2 Å². The molecule has 0 unspecified atom stereocenters. The molecule has 106 valence electrons. The van der Waals surface area contributed by atoms with Crippen molar-refractivity contribution < 1.29 is 0 Å². The molecule has 0 aliphatic carbocycles. The molecule has 2 N–H and O–H groups in total. The molecule has 1 heterocycles. The number of aromatic nitrogens is 4. The van der Waals surface area contributed by atoms with Crippen molar-refractivity contribution in [3.05, 3.63) is 52.5 Å². The number of aryl methyl sites for hydroxylation is 2. The van der Waals surface area contributed by atoms with Crippen molar-refractivity contribution in [2.75, 3.05) is 5.73 Å². The summed E-state index contributed by atoms with van der Waals surface area (Å²) in [5.41, 5.74) is 10.3. The largest absolute Gasteiger partial charge is 0.399 e. The number of rotatable bonds is 2. The lowest BCUT2D eigenvalue weighted by molar-refractivity contribution is 0.791. The molecule has 0 radical (unpaired) electrons. The van der Waals surface area contributed by atoms with Crippen molar-refractivity contribution in [1.82, 2.24) is 20.2 Å². The van der Waals surface area contributed by atoms with E-state index in [2.05, 4.69) is 15.5 Å². The Kier molecular flexibility index (Phi) is 3.35. The van der Waals surface area contributed by atoms with E-state index in [1.165, 1.54) is 0 Å². The highest BCUT2D eigenvalue weighted by molar-refractivity contribution is 6.31. The van der Waals surface area contributed by atoms with Crippen LogP contribution in [-0.2, 0) is 0 Å². The van der Waals surface area contributed by atoms with E-state index in [4.69, 9.17) is 17.3 Å². The number of nitrogen functional groups attached to an aromatic ring is 1. The van der Waals surface area contributed by atoms with Crippen molar-refractivity contribution in [3.8, 4) is 17.1 Å². The minimum absolute atomic E-state index is 0.651. The SMILES string of the molecule is Cc1cc(-c2nnnn2-c2ccc(C)c(Cl)c2)ccc1N. The maximum atomic E-state index is 6.18. The number of halogens is 1. The Morgan fingerprint density at radius 2 is 1.86 bits per heavy atom. The van der Waals surface area contributed by atoms with Crippen LogP contribution in [0.1, 0.15) is 11.1 Å². The first-order valence-electron chi connectivity index (χ1n) is 6.47. The zero-order valence-electron chi connectivity index (χ0n) is 11.7. The number of anilines is 1. The van der Waals surface area contributed by atoms with Gasteiger partial charge in [0.1, 0.15) is 0 Å². The molecule has 0 spiro atoms. The van der Waals surface area contributed by atoms with Crippen molar-refractivity contribution in [2.45, 2.75) is 13.8 Å². The van der Waals surface area contributed by atoms with Crippen LogP contribution in [0.5, 0.6) is 0 Å². The maximum Gasteiger partial charge on any atom is 0.187 e. The fourth-order valence-corrected chi connectivity index (χ4v) is 2.24. The summed E-state index contributed by atoms with van der Waals surface area (Å²) >= 11 is 6.18. The zero-order valence-corrected chi connectivity index (χ0v) is 12.5. The van der Waals surface area contributed by atoms with Crippen LogP contribution in [0.2, 0.25) is 5.02 Å². The zero-order chi connectivity index (χ0) is 15.0. The van der Waals surface area contributed by atoms with Gasteiger partial charge in [0.25, 0.3) is 0 Å². The molecular formula is C15H14ClN5. The van der Waals surface area contributed by atoms with E-state index in [-0.39, 0.29) is 0 Å². The monoisotopic (exact) mass is 299 g/mol. The maximum absolute atomic E-state index is 6.18. The second-order valence-electron chi connectivity index (χ2n) is 4.92. The number of nitrogens with two attached hydrogens (primary N) is 1. The smallest absolute Gasteiger partial charge is 0.187 e. The standard InChI is InChI=1S/C15H14ClN5/c1-9-3-5-12(8-13(9)16)21-15(18-19-20-21)11-4-6-14(17)10(2)7-11/h3-8H,17H2,1-2H3. The van der Waals surface area contributed by atoms with Crippen molar-refractivity contribution in [3.63, 3.8) is 0 Å². The Morgan fingerprint density at radius 1 is 1.05 bits per heavy atom. The molecule has 0 aliphatic heterocycles. The molecule has 6 heteroatoms. The van der Waals surface area contributed by atoms with Gasteiger partial charge in [0, 0.05) is 16.3 Å². The van der Waals surface area contributed by atoms with Crippen LogP contribution in [0.15, 0.2) is 36.4 Å². The summed E-state index contributed by atoms with van der Waals surface area (Å²) < 4.78 is 1.66. The summed E-state index contributed by atoms with van der Waals surface area (Å²) in [6.07, 6.45) is 0. The molecule has 21 heavy (non-hydrogen) atoms. The lowest BCUT2D eigenvalue weighted by atomic mass is 10.1. The number of hydrogen-bond acceptors (Lipinski definition) is 4. The number of tetrazole rings is 1. The molecule has 0 amide bonds. The normalized spacial score (nSPS) is 10.8. The first-order chi connectivity index (χ1) is 10.1. The third kappa shape index (κ3) is 2.48. The van der Waals surface area contributed by atoms with E-state index >= 15 is 0 Å². The molecule has 1 aromatic heterocycles. The molecule has 0 bridgehead atoms. The first kappa shape index (κ1) is 13.6. The van der Waals surface area contributed by atoms with Gasteiger partial charge >= 0.3 is 0 Å². The van der Waals surface area contributed by atoms with E-state index in [0.717, 1.165) is 28.1 Å². The highest BCUT2D eigenvalue weighted by Gasteiger charge is 2.12. The van der Waals surface area contributed by atoms with Gasteiger partial charge in [0.15, 0.2) is 5.82 Å². The van der Waals surface area contributed by atoms with Gasteiger partial charge in [-0.05, 0) is 65.7 Å². The topological polar surface area (TPSA) is 69.6 Å². The van der Waals surface area contributed by atoms with Gasteiger partial charge in [-0.15, -0.1) is 5.10 Å². The highest BCUT2D eigenvalue weighted by atomic mass is 35.5. The third-order valence-electron chi connectivity index (χ3n) is 3.40. The third-order valence-corrected chi connectivity index (χ3v) is 3.80. The van der Waals surface area contributed by atoms with E-state index < -0.39 is 0 Å². The second-order valence-corrected chi connectivity index (χ2v) is 5.33. The molecule has 0 fully saturated rings. The summed E-state index contributed by atoms with van der Waals surface area (Å²) in [6.45, 7) is 3.91. The summed E-state index contributed by atoms with van der Waals surface area (Å²) in [7, 11) is 0. The van der Waals surface area contributed by atoms with Crippen LogP contribution in [0, 0.1) is 13.8 Å². The van der Waals surface area contributed by atoms with E-state index in [1.807, 2.05) is 50.2 Å². The molecule has 0 saturated carbocycles. The summed E-state index contributed by atoms with van der Waals surface area (Å²) in [5.74, 6) is 0.651. The Hall–Kier alpha value is -2.40. The number of nitrogens with zero attached hydrogens (tertiary/aromatic N) is 4. The van der Waals surface area contributed by atoms with Gasteiger partial charge in [-0.25, -0.2) is 0 Å². The van der Waals surface area contributed by atoms with Crippen LogP contribution in [0.3, 0.4) is 0 Å². The summed E-state index contributed by atoms with van der Waals surface area (Å²) in [4.78, 5) is 0. The van der Waals surface area contributed by atoms with Crippen LogP contribution in [0.25, 0.3) is 17.1 Å². The Morgan fingerprint density at radius 3 is 2.57 bits per heavy atom. The van der Waals surface area contributed by atoms with E-state index in [0.29, 0.717) is 10.8 Å². The van der Waals surface area contributed by atoms with Crippen molar-refractivity contribution in [2.24, 2.45) is 0 Å². The summed E-state index contributed by atoms with van der Waals surface area (Å²) in [5, 5.41) is 12.6. The predicted octanol–water partition coefficient (Wildman–Crippen LogP) is 3.18. The van der Waals surface area contributed by atoms with Gasteiger partial charge in [0.05, 0.1) is 5.69 Å². The molecule has 3 aromatic rings. The van der Waals surface area contributed by atoms with Crippen LogP contribution in [0.4, 0.5) is 5.69 Å². The van der Waals surface area contributed by atoms with Crippen LogP contribution < -0.4 is 5.73 Å². The molecule has 5 nitrogen and oxygen atoms in total. The van der Waals surface area contributed by atoms with Crippen molar-refractivity contribution >= 4 is 17.3 Å². The molecule has 3 rings (SSSR count). The average Bonchev–Trinajstić information content (AvgIpc) is 2.94. The van der Waals surface area contributed by atoms with Gasteiger partial charge in [-0.1, -0.05) is 17.7 Å². The van der Waals surface area contributed by atoms with Gasteiger partial charge in [-0.2, -0.15) is 4.68 Å². The molecule has 0 atom stereocenters. The molecular weight excluding hydrogens is 286 g/mol. The van der Waals surface area contributed by atoms with Gasteiger partial charge in [0.2, 0.25) is 0 Å². The van der Waals surface area contributed by atoms with Crippen LogP contribution >= 0.6 is 11.6 Å². The van der Waals surface area contributed by atoms with Gasteiger partial charge in [-0.3, -0.25) is 0 Å². The Balaban J connectivity index is 2.12. The molecule has 0 aliphatic rings. The highest BCUT2D eigenvalue weighted by Crippen LogP contribution is 2.25. The quantitative estimate of drug-likeness (QED) is 0.738. The molecule has 0 saturated heterocycles. The minimum atomic E-state index is 0.651. The Labute approximate surface area is 127 Å². The number of hydrogen-bond donors (Lipinski definition) is 1. The fraction of sp³-hybridized carbons (Fsp3) is 0.133. The van der Waals surface area contributed by atoms with E-state index in [9.17, 15) is 0 Å². The average molecular weight is 300 g/mol. The lowest BCUT2D eigenvalue weighted by Gasteiger charge is -2.08. The lowest BCUT2D eigenvalue weighted by Crippen LogP contribution is -2.01. The van der Waals surface area contributed by atoms with Gasteiger partial charge < -0.3 is 5.73 Å². The fourth-order valence-electron chi connectivity index (χ4n) is 2.07. The first-order valence-corrected chi connectivity index (χ1v) is 6.85. The minimum Gasteiger partial charge on any atom is -0.399 e. The Bertz CT molecular complexity index is 744. The predicted molar refractivity (Wildman–Crippen MR) is 83.5 cm³/mol. The molecule has 2 aromatic carbocycles. The number of benzene rings is 2.